The molecular formula is C21H29N3O4S. The average molecular weight is 420 g/mol. The van der Waals surface area contributed by atoms with Crippen molar-refractivity contribution in [1.29, 1.82) is 0 Å². The lowest BCUT2D eigenvalue weighted by molar-refractivity contribution is -0.130. The van der Waals surface area contributed by atoms with Gasteiger partial charge in [-0.25, -0.2) is 0 Å². The molecule has 2 heterocycles. The minimum Gasteiger partial charge on any atom is -0.493 e. The number of benzene rings is 1. The van der Waals surface area contributed by atoms with Crippen molar-refractivity contribution in [2.75, 3.05) is 33.4 Å². The lowest BCUT2D eigenvalue weighted by atomic mass is 9.95. The van der Waals surface area contributed by atoms with E-state index in [2.05, 4.69) is 14.8 Å². The first-order valence-corrected chi connectivity index (χ1v) is 11.3. The van der Waals surface area contributed by atoms with Crippen LogP contribution in [0.3, 0.4) is 0 Å². The number of rotatable bonds is 7. The topological polar surface area (TPSA) is 67.6 Å². The molecule has 1 aromatic carbocycles. The van der Waals surface area contributed by atoms with Crippen LogP contribution >= 0.6 is 11.8 Å². The smallest absolute Gasteiger partial charge is 0.191 e. The highest BCUT2D eigenvalue weighted by Crippen LogP contribution is 2.38. The summed E-state index contributed by atoms with van der Waals surface area (Å²) in [6.07, 6.45) is 7.27. The van der Waals surface area contributed by atoms with Gasteiger partial charge in [0.25, 0.3) is 0 Å². The van der Waals surface area contributed by atoms with Gasteiger partial charge < -0.3 is 18.9 Å². The molecule has 29 heavy (non-hydrogen) atoms. The number of aromatic nitrogens is 3. The van der Waals surface area contributed by atoms with Crippen molar-refractivity contribution in [2.45, 2.75) is 55.8 Å². The fourth-order valence-electron chi connectivity index (χ4n) is 4.02. The summed E-state index contributed by atoms with van der Waals surface area (Å²) >= 11 is 1.73. The molecule has 158 valence electrons. The van der Waals surface area contributed by atoms with Gasteiger partial charge in [-0.2, -0.15) is 0 Å². The third kappa shape index (κ3) is 4.70. The fourth-order valence-corrected chi connectivity index (χ4v) is 5.09. The Morgan fingerprint density at radius 2 is 1.90 bits per heavy atom. The van der Waals surface area contributed by atoms with E-state index in [1.54, 1.807) is 26.0 Å². The summed E-state index contributed by atoms with van der Waals surface area (Å²) in [6.45, 7) is 1.15. The lowest BCUT2D eigenvalue weighted by Gasteiger charge is -2.26. The van der Waals surface area contributed by atoms with Crippen molar-refractivity contribution >= 4 is 11.8 Å². The SMILES string of the molecule is COc1ccc(-c2nnc(SC[C@H]3CCOCO3)n2C2CCCCC2)cc1OC. The summed E-state index contributed by atoms with van der Waals surface area (Å²) in [7, 11) is 3.30. The molecule has 2 aromatic rings. The number of hydrogen-bond donors (Lipinski definition) is 0. The van der Waals surface area contributed by atoms with Gasteiger partial charge in [0, 0.05) is 17.4 Å². The van der Waals surface area contributed by atoms with E-state index in [1.165, 1.54) is 32.1 Å². The van der Waals surface area contributed by atoms with Crippen LogP contribution < -0.4 is 9.47 Å². The van der Waals surface area contributed by atoms with Crippen LogP contribution in [0.1, 0.15) is 44.6 Å². The Morgan fingerprint density at radius 1 is 1.07 bits per heavy atom. The predicted octanol–water partition coefficient (Wildman–Crippen LogP) is 4.32. The zero-order valence-electron chi connectivity index (χ0n) is 17.1. The highest BCUT2D eigenvalue weighted by atomic mass is 32.2. The monoisotopic (exact) mass is 419 g/mol. The maximum Gasteiger partial charge on any atom is 0.191 e. The summed E-state index contributed by atoms with van der Waals surface area (Å²) in [5.41, 5.74) is 0.995. The van der Waals surface area contributed by atoms with Gasteiger partial charge in [-0.15, -0.1) is 10.2 Å². The molecule has 1 saturated heterocycles. The Balaban J connectivity index is 1.63. The van der Waals surface area contributed by atoms with Gasteiger partial charge in [0.1, 0.15) is 6.79 Å². The van der Waals surface area contributed by atoms with Crippen LogP contribution in [0.25, 0.3) is 11.4 Å². The summed E-state index contributed by atoms with van der Waals surface area (Å²) in [5.74, 6) is 3.17. The molecule has 2 aliphatic rings. The van der Waals surface area contributed by atoms with E-state index in [9.17, 15) is 0 Å². The predicted molar refractivity (Wildman–Crippen MR) is 112 cm³/mol. The van der Waals surface area contributed by atoms with Gasteiger partial charge in [0.2, 0.25) is 0 Å². The Bertz CT molecular complexity index is 801. The Morgan fingerprint density at radius 3 is 2.62 bits per heavy atom. The maximum absolute atomic E-state index is 5.70. The quantitative estimate of drug-likeness (QED) is 0.619. The van der Waals surface area contributed by atoms with Crippen molar-refractivity contribution in [1.82, 2.24) is 14.8 Å². The minimum absolute atomic E-state index is 0.204. The average Bonchev–Trinajstić information content (AvgIpc) is 3.22. The molecule has 7 nitrogen and oxygen atoms in total. The van der Waals surface area contributed by atoms with Crippen LogP contribution in [-0.4, -0.2) is 54.2 Å². The highest BCUT2D eigenvalue weighted by molar-refractivity contribution is 7.99. The Labute approximate surface area is 176 Å². The van der Waals surface area contributed by atoms with Crippen LogP contribution in [0.5, 0.6) is 11.5 Å². The van der Waals surface area contributed by atoms with Crippen molar-refractivity contribution in [3.05, 3.63) is 18.2 Å². The molecule has 1 saturated carbocycles. The van der Waals surface area contributed by atoms with Crippen LogP contribution in [0.2, 0.25) is 0 Å². The number of methoxy groups -OCH3 is 2. The van der Waals surface area contributed by atoms with Gasteiger partial charge >= 0.3 is 0 Å². The van der Waals surface area contributed by atoms with Crippen molar-refractivity contribution in [3.63, 3.8) is 0 Å². The number of ether oxygens (including phenoxy) is 4. The van der Waals surface area contributed by atoms with Gasteiger partial charge in [-0.05, 0) is 37.5 Å². The van der Waals surface area contributed by atoms with Gasteiger partial charge in [0.15, 0.2) is 22.5 Å². The molecule has 4 rings (SSSR count). The van der Waals surface area contributed by atoms with E-state index >= 15 is 0 Å². The van der Waals surface area contributed by atoms with E-state index in [4.69, 9.17) is 18.9 Å². The van der Waals surface area contributed by atoms with Crippen molar-refractivity contribution < 1.29 is 18.9 Å². The first-order valence-electron chi connectivity index (χ1n) is 10.3. The molecule has 2 fully saturated rings. The molecule has 1 aliphatic heterocycles. The molecule has 0 amide bonds. The Hall–Kier alpha value is -1.77. The molecule has 8 heteroatoms. The highest BCUT2D eigenvalue weighted by Gasteiger charge is 2.25. The molecule has 0 bridgehead atoms. The van der Waals surface area contributed by atoms with Crippen molar-refractivity contribution in [3.8, 4) is 22.9 Å². The second kappa shape index (κ2) is 9.82. The summed E-state index contributed by atoms with van der Waals surface area (Å²) < 4.78 is 24.2. The molecule has 0 N–H and O–H groups in total. The largest absolute Gasteiger partial charge is 0.493 e. The van der Waals surface area contributed by atoms with E-state index in [-0.39, 0.29) is 6.10 Å². The summed E-state index contributed by atoms with van der Waals surface area (Å²) in [6, 6.07) is 6.37. The molecule has 1 aliphatic carbocycles. The first kappa shape index (κ1) is 20.5. The second-order valence-corrected chi connectivity index (χ2v) is 8.44. The zero-order chi connectivity index (χ0) is 20.1. The van der Waals surface area contributed by atoms with E-state index in [0.29, 0.717) is 24.3 Å². The van der Waals surface area contributed by atoms with Crippen LogP contribution in [-0.2, 0) is 9.47 Å². The number of hydrogen-bond acceptors (Lipinski definition) is 7. The maximum atomic E-state index is 5.70. The van der Waals surface area contributed by atoms with Crippen LogP contribution in [0.4, 0.5) is 0 Å². The van der Waals surface area contributed by atoms with E-state index in [1.807, 2.05) is 18.2 Å². The summed E-state index contributed by atoms with van der Waals surface area (Å²) in [4.78, 5) is 0. The Kier molecular flexibility index (Phi) is 6.94. The van der Waals surface area contributed by atoms with E-state index < -0.39 is 0 Å². The fraction of sp³-hybridized carbons (Fsp3) is 0.619. The molecule has 0 spiro atoms. The van der Waals surface area contributed by atoms with Crippen LogP contribution in [0, 0.1) is 0 Å². The molecule has 1 atom stereocenters. The van der Waals surface area contributed by atoms with Crippen LogP contribution in [0.15, 0.2) is 23.4 Å². The van der Waals surface area contributed by atoms with Crippen molar-refractivity contribution in [2.24, 2.45) is 0 Å². The number of nitrogens with zero attached hydrogens (tertiary/aromatic N) is 3. The van der Waals surface area contributed by atoms with Gasteiger partial charge in [0.05, 0.1) is 26.9 Å². The minimum atomic E-state index is 0.204. The lowest BCUT2D eigenvalue weighted by Crippen LogP contribution is -2.26. The molecule has 0 unspecified atom stereocenters. The zero-order valence-corrected chi connectivity index (χ0v) is 18.0. The normalized spacial score (nSPS) is 20.6. The first-order chi connectivity index (χ1) is 14.3. The van der Waals surface area contributed by atoms with Gasteiger partial charge in [-0.1, -0.05) is 31.0 Å². The molecular weight excluding hydrogens is 390 g/mol. The van der Waals surface area contributed by atoms with Gasteiger partial charge in [-0.3, -0.25) is 4.57 Å². The van der Waals surface area contributed by atoms with E-state index in [0.717, 1.165) is 35.3 Å². The second-order valence-electron chi connectivity index (χ2n) is 7.45. The third-order valence-electron chi connectivity index (χ3n) is 5.62. The summed E-state index contributed by atoms with van der Waals surface area (Å²) in [5, 5.41) is 10.1. The standard InChI is InChI=1S/C21H29N3O4S/c1-25-18-9-8-15(12-19(18)26-2)20-22-23-21(24(20)16-6-4-3-5-7-16)29-13-17-10-11-27-14-28-17/h8-9,12,16-17H,3-7,10-11,13-14H2,1-2H3/t17-/m1/s1. The molecule has 1 aromatic heterocycles. The third-order valence-corrected chi connectivity index (χ3v) is 6.69. The number of thioether (sulfide) groups is 1. The molecule has 0 radical (unpaired) electrons.